The van der Waals surface area contributed by atoms with Gasteiger partial charge in [-0.3, -0.25) is 0 Å². The van der Waals surface area contributed by atoms with E-state index in [4.69, 9.17) is 10.00 Å². The van der Waals surface area contributed by atoms with Gasteiger partial charge in [0.1, 0.15) is 17.5 Å². The number of aromatic nitrogens is 1. The molecular weight excluding hydrogens is 280 g/mol. The zero-order chi connectivity index (χ0) is 12.3. The van der Waals surface area contributed by atoms with E-state index < -0.39 is 0 Å². The number of hydrogen-bond donors (Lipinski definition) is 0. The molecule has 1 heterocycles. The summed E-state index contributed by atoms with van der Waals surface area (Å²) in [5.41, 5.74) is 1.35. The van der Waals surface area contributed by atoms with Crippen LogP contribution in [0, 0.1) is 18.3 Å². The molecule has 17 heavy (non-hydrogen) atoms. The van der Waals surface area contributed by atoms with Crippen LogP contribution >= 0.6 is 15.9 Å². The van der Waals surface area contributed by atoms with Crippen molar-refractivity contribution in [2.24, 2.45) is 0 Å². The average molecular weight is 289 g/mol. The largest absolute Gasteiger partial charge is 0.439 e. The Bertz CT molecular complexity index is 590. The van der Waals surface area contributed by atoms with E-state index in [0.29, 0.717) is 11.6 Å². The molecule has 0 aliphatic rings. The molecule has 0 N–H and O–H groups in total. The number of aryl methyl sites for hydroxylation is 1. The zero-order valence-corrected chi connectivity index (χ0v) is 10.7. The highest BCUT2D eigenvalue weighted by Crippen LogP contribution is 2.27. The summed E-state index contributed by atoms with van der Waals surface area (Å²) in [6, 6.07) is 12.9. The fourth-order valence-corrected chi connectivity index (χ4v) is 1.67. The number of halogens is 1. The topological polar surface area (TPSA) is 45.9 Å². The summed E-state index contributed by atoms with van der Waals surface area (Å²) in [5.74, 6) is 1.15. The molecule has 3 nitrogen and oxygen atoms in total. The van der Waals surface area contributed by atoms with Gasteiger partial charge in [0, 0.05) is 10.5 Å². The fraction of sp³-hybridized carbons (Fsp3) is 0.0769. The quantitative estimate of drug-likeness (QED) is 0.844. The van der Waals surface area contributed by atoms with E-state index in [0.717, 1.165) is 15.8 Å². The van der Waals surface area contributed by atoms with Crippen LogP contribution in [0.3, 0.4) is 0 Å². The van der Waals surface area contributed by atoms with Gasteiger partial charge in [0.05, 0.1) is 0 Å². The van der Waals surface area contributed by atoms with E-state index in [1.54, 1.807) is 18.2 Å². The van der Waals surface area contributed by atoms with Gasteiger partial charge in [-0.25, -0.2) is 4.98 Å². The van der Waals surface area contributed by atoms with E-state index in [9.17, 15) is 0 Å². The molecule has 0 radical (unpaired) electrons. The predicted octanol–water partition coefficient (Wildman–Crippen LogP) is 3.82. The van der Waals surface area contributed by atoms with Crippen LogP contribution in [-0.4, -0.2) is 4.98 Å². The first-order valence-electron chi connectivity index (χ1n) is 5.00. The second-order valence-corrected chi connectivity index (χ2v) is 4.40. The maximum atomic E-state index is 8.75. The van der Waals surface area contributed by atoms with E-state index >= 15 is 0 Å². The third-order valence-corrected chi connectivity index (χ3v) is 2.70. The number of pyridine rings is 1. The number of hydrogen-bond acceptors (Lipinski definition) is 3. The average Bonchev–Trinajstić information content (AvgIpc) is 2.34. The second-order valence-electron chi connectivity index (χ2n) is 3.48. The van der Waals surface area contributed by atoms with Gasteiger partial charge in [-0.15, -0.1) is 0 Å². The van der Waals surface area contributed by atoms with Crippen molar-refractivity contribution in [3.63, 3.8) is 0 Å². The van der Waals surface area contributed by atoms with Gasteiger partial charge in [0.15, 0.2) is 0 Å². The zero-order valence-electron chi connectivity index (χ0n) is 9.14. The van der Waals surface area contributed by atoms with Crippen molar-refractivity contribution in [2.45, 2.75) is 6.92 Å². The van der Waals surface area contributed by atoms with Crippen LogP contribution in [0.15, 0.2) is 40.9 Å². The lowest BCUT2D eigenvalue weighted by molar-refractivity contribution is 0.458. The molecular formula is C13H9BrN2O. The Morgan fingerprint density at radius 1 is 1.29 bits per heavy atom. The summed E-state index contributed by atoms with van der Waals surface area (Å²) < 4.78 is 6.58. The van der Waals surface area contributed by atoms with E-state index in [1.807, 2.05) is 31.2 Å². The maximum Gasteiger partial charge on any atom is 0.220 e. The summed E-state index contributed by atoms with van der Waals surface area (Å²) in [4.78, 5) is 4.06. The van der Waals surface area contributed by atoms with E-state index in [-0.39, 0.29) is 0 Å². The normalized spacial score (nSPS) is 9.71. The summed E-state index contributed by atoms with van der Waals surface area (Å²) in [6.45, 7) is 1.95. The lowest BCUT2D eigenvalue weighted by atomic mass is 10.2. The molecule has 4 heteroatoms. The molecule has 0 spiro atoms. The molecule has 2 rings (SSSR count). The van der Waals surface area contributed by atoms with Gasteiger partial charge >= 0.3 is 0 Å². The molecule has 0 amide bonds. The highest BCUT2D eigenvalue weighted by Gasteiger charge is 2.04. The summed E-state index contributed by atoms with van der Waals surface area (Å²) >= 11 is 3.39. The molecule has 84 valence electrons. The summed E-state index contributed by atoms with van der Waals surface area (Å²) in [7, 11) is 0. The van der Waals surface area contributed by atoms with Gasteiger partial charge in [-0.05, 0) is 30.7 Å². The molecule has 0 saturated heterocycles. The Kier molecular flexibility index (Phi) is 3.40. The molecule has 0 atom stereocenters. The molecule has 0 bridgehead atoms. The Balaban J connectivity index is 2.31. The van der Waals surface area contributed by atoms with Crippen molar-refractivity contribution in [3.8, 4) is 17.7 Å². The van der Waals surface area contributed by atoms with Gasteiger partial charge < -0.3 is 4.74 Å². The number of ether oxygens (including phenoxy) is 1. The minimum Gasteiger partial charge on any atom is -0.439 e. The van der Waals surface area contributed by atoms with Gasteiger partial charge in [0.2, 0.25) is 5.88 Å². The number of nitriles is 1. The predicted molar refractivity (Wildman–Crippen MR) is 67.9 cm³/mol. The SMILES string of the molecule is Cc1ccc(Br)cc1Oc1cccc(C#N)n1. The van der Waals surface area contributed by atoms with E-state index in [2.05, 4.69) is 20.9 Å². The first-order valence-corrected chi connectivity index (χ1v) is 5.79. The van der Waals surface area contributed by atoms with Crippen molar-refractivity contribution in [1.29, 1.82) is 5.26 Å². The van der Waals surface area contributed by atoms with Crippen molar-refractivity contribution in [2.75, 3.05) is 0 Å². The molecule has 1 aromatic carbocycles. The monoisotopic (exact) mass is 288 g/mol. The standard InChI is InChI=1S/C13H9BrN2O/c1-9-5-6-10(14)7-12(9)17-13-4-2-3-11(8-15)16-13/h2-7H,1H3. The number of benzene rings is 1. The van der Waals surface area contributed by atoms with Gasteiger partial charge in [-0.1, -0.05) is 28.1 Å². The third kappa shape index (κ3) is 2.83. The molecule has 1 aromatic heterocycles. The first-order chi connectivity index (χ1) is 8.19. The van der Waals surface area contributed by atoms with Crippen LogP contribution in [0.5, 0.6) is 11.6 Å². The van der Waals surface area contributed by atoms with Crippen LogP contribution in [0.2, 0.25) is 0 Å². The Morgan fingerprint density at radius 3 is 2.88 bits per heavy atom. The molecule has 0 saturated carbocycles. The molecule has 2 aromatic rings. The van der Waals surface area contributed by atoms with Gasteiger partial charge in [0.25, 0.3) is 0 Å². The molecule has 0 unspecified atom stereocenters. The van der Waals surface area contributed by atoms with Crippen molar-refractivity contribution in [1.82, 2.24) is 4.98 Å². The van der Waals surface area contributed by atoms with Crippen LogP contribution in [-0.2, 0) is 0 Å². The minimum absolute atomic E-state index is 0.343. The van der Waals surface area contributed by atoms with Crippen LogP contribution in [0.4, 0.5) is 0 Å². The van der Waals surface area contributed by atoms with Crippen LogP contribution in [0.25, 0.3) is 0 Å². The van der Waals surface area contributed by atoms with Crippen molar-refractivity contribution < 1.29 is 4.74 Å². The first kappa shape index (κ1) is 11.6. The number of nitrogens with zero attached hydrogens (tertiary/aromatic N) is 2. The minimum atomic E-state index is 0.343. The third-order valence-electron chi connectivity index (χ3n) is 2.20. The van der Waals surface area contributed by atoms with E-state index in [1.165, 1.54) is 0 Å². The molecule has 0 aliphatic carbocycles. The second kappa shape index (κ2) is 4.98. The smallest absolute Gasteiger partial charge is 0.220 e. The lowest BCUT2D eigenvalue weighted by Crippen LogP contribution is -1.91. The van der Waals surface area contributed by atoms with Crippen LogP contribution in [0.1, 0.15) is 11.3 Å². The Morgan fingerprint density at radius 2 is 2.12 bits per heavy atom. The highest BCUT2D eigenvalue weighted by molar-refractivity contribution is 9.10. The summed E-state index contributed by atoms with van der Waals surface area (Å²) in [5, 5.41) is 8.75. The summed E-state index contributed by atoms with van der Waals surface area (Å²) in [6.07, 6.45) is 0. The lowest BCUT2D eigenvalue weighted by Gasteiger charge is -2.08. The van der Waals surface area contributed by atoms with Crippen molar-refractivity contribution in [3.05, 3.63) is 52.1 Å². The fourth-order valence-electron chi connectivity index (χ4n) is 1.33. The Hall–Kier alpha value is -1.86. The van der Waals surface area contributed by atoms with Crippen LogP contribution < -0.4 is 4.74 Å². The van der Waals surface area contributed by atoms with Gasteiger partial charge in [-0.2, -0.15) is 5.26 Å². The molecule has 0 aliphatic heterocycles. The maximum absolute atomic E-state index is 8.75. The Labute approximate surface area is 108 Å². The van der Waals surface area contributed by atoms with Crippen molar-refractivity contribution >= 4 is 15.9 Å². The molecule has 0 fully saturated rings. The highest BCUT2D eigenvalue weighted by atomic mass is 79.9. The number of rotatable bonds is 2.